The topological polar surface area (TPSA) is 69.2 Å². The lowest BCUT2D eigenvalue weighted by atomic mass is 10.0. The van der Waals surface area contributed by atoms with E-state index in [4.69, 9.17) is 0 Å². The van der Waals surface area contributed by atoms with Crippen molar-refractivity contribution in [3.05, 3.63) is 63.3 Å². The van der Waals surface area contributed by atoms with Crippen molar-refractivity contribution in [1.29, 1.82) is 0 Å². The second kappa shape index (κ2) is 18.6. The van der Waals surface area contributed by atoms with E-state index in [0.29, 0.717) is 0 Å². The lowest BCUT2D eigenvalue weighted by Gasteiger charge is -2.26. The van der Waals surface area contributed by atoms with Crippen molar-refractivity contribution in [3.8, 4) is 0 Å². The Balaban J connectivity index is -0.000000176. The number of quaternary nitrogens is 2. The first-order chi connectivity index (χ1) is 13.6. The van der Waals surface area contributed by atoms with Gasteiger partial charge in [0.15, 0.2) is 0 Å². The first kappa shape index (κ1) is 36.2. The zero-order valence-corrected chi connectivity index (χ0v) is 21.2. The molecule has 0 spiro atoms. The zero-order valence-electron chi connectivity index (χ0n) is 20.5. The van der Waals surface area contributed by atoms with E-state index in [0.717, 1.165) is 41.2 Å². The van der Waals surface area contributed by atoms with Crippen LogP contribution >= 0.6 is 0 Å². The molecule has 0 heterocycles. The molecule has 0 aromatic carbocycles. The number of rotatable bonds is 12. The van der Waals surface area contributed by atoms with Crippen molar-refractivity contribution in [2.24, 2.45) is 0 Å². The van der Waals surface area contributed by atoms with Crippen molar-refractivity contribution in [2.75, 3.05) is 54.4 Å². The summed E-state index contributed by atoms with van der Waals surface area (Å²) in [5.41, 5.74) is -0.788. The number of carboxylic acid groups (broad SMARTS) is 1. The third-order valence-corrected chi connectivity index (χ3v) is 3.73. The molecule has 0 fully saturated rings. The largest absolute Gasteiger partial charge is 1.00 e. The lowest BCUT2D eigenvalue weighted by molar-refractivity contribution is -0.878. The highest BCUT2D eigenvalue weighted by atomic mass is 35.5. The van der Waals surface area contributed by atoms with Gasteiger partial charge in [-0.15, -0.1) is 0 Å². The predicted molar refractivity (Wildman–Crippen MR) is 127 cm³/mol. The number of carbonyl (C=O) groups is 2. The Hall–Kier alpha value is -2.15. The number of halogens is 1. The molecule has 0 aliphatic carbocycles. The molecule has 0 aromatic rings. The van der Waals surface area contributed by atoms with Crippen LogP contribution in [0.2, 0.25) is 0 Å². The van der Waals surface area contributed by atoms with Crippen LogP contribution in [0, 0.1) is 0 Å². The molecule has 0 saturated heterocycles. The summed E-state index contributed by atoms with van der Waals surface area (Å²) in [4.78, 5) is 21.0. The van der Waals surface area contributed by atoms with Gasteiger partial charge in [0.2, 0.25) is 5.91 Å². The third kappa shape index (κ3) is 27.9. The number of nitrogens with zero attached hydrogens (tertiary/aromatic N) is 2. The normalized spacial score (nSPS) is 10.4. The molecule has 0 bridgehead atoms. The fourth-order valence-corrected chi connectivity index (χ4v) is 2.34. The van der Waals surface area contributed by atoms with Gasteiger partial charge < -0.3 is 36.6 Å². The van der Waals surface area contributed by atoms with Gasteiger partial charge in [0.1, 0.15) is 0 Å². The van der Waals surface area contributed by atoms with E-state index in [2.05, 4.69) is 66.4 Å². The van der Waals surface area contributed by atoms with E-state index in [-0.39, 0.29) is 24.7 Å². The summed E-state index contributed by atoms with van der Waals surface area (Å²) in [6.07, 6.45) is 8.61. The fraction of sp³-hybridized carbons (Fsp3) is 0.500. The van der Waals surface area contributed by atoms with Crippen LogP contribution in [0.1, 0.15) is 20.3 Å². The van der Waals surface area contributed by atoms with Crippen molar-refractivity contribution in [2.45, 2.75) is 25.8 Å². The lowest BCUT2D eigenvalue weighted by Crippen LogP contribution is -3.00. The molecule has 31 heavy (non-hydrogen) atoms. The molecule has 0 saturated carbocycles. The second-order valence-electron chi connectivity index (χ2n) is 8.88. The molecule has 0 aromatic heterocycles. The van der Waals surface area contributed by atoms with E-state index in [9.17, 15) is 14.7 Å². The summed E-state index contributed by atoms with van der Waals surface area (Å²) in [5, 5.41) is 12.7. The van der Waals surface area contributed by atoms with Crippen LogP contribution in [-0.4, -0.2) is 80.8 Å². The van der Waals surface area contributed by atoms with E-state index >= 15 is 0 Å². The second-order valence-corrected chi connectivity index (χ2v) is 8.88. The Labute approximate surface area is 196 Å². The van der Waals surface area contributed by atoms with E-state index in [1.807, 2.05) is 24.3 Å². The maximum atomic E-state index is 10.8. The number of hydrogen-bond acceptors (Lipinski definition) is 3. The average Bonchev–Trinajstić information content (AvgIpc) is 2.53. The molecule has 0 radical (unpaired) electrons. The molecular formula is C24H44ClN3O3. The van der Waals surface area contributed by atoms with Crippen LogP contribution in [0.3, 0.4) is 0 Å². The van der Waals surface area contributed by atoms with Gasteiger partial charge in [0, 0.05) is 17.9 Å². The highest BCUT2D eigenvalue weighted by Crippen LogP contribution is 2.06. The Morgan fingerprint density at radius 2 is 1.10 bits per heavy atom. The molecule has 0 aliphatic rings. The predicted octanol–water partition coefficient (Wildman–Crippen LogP) is -0.919. The van der Waals surface area contributed by atoms with E-state index < -0.39 is 11.5 Å². The van der Waals surface area contributed by atoms with Crippen LogP contribution in [0.25, 0.3) is 0 Å². The number of likely N-dealkylation sites (N-methyl/N-ethyl adjacent to an activating group) is 2. The molecule has 0 aliphatic heterocycles. The maximum absolute atomic E-state index is 10.8. The molecule has 1 N–H and O–H groups in total. The van der Waals surface area contributed by atoms with E-state index in [1.54, 1.807) is 13.8 Å². The number of aliphatic carboxylic acids is 1. The summed E-state index contributed by atoms with van der Waals surface area (Å²) in [6.45, 7) is 25.2. The van der Waals surface area contributed by atoms with Gasteiger partial charge in [-0.3, -0.25) is 4.79 Å². The van der Waals surface area contributed by atoms with Gasteiger partial charge >= 0.3 is 0 Å². The quantitative estimate of drug-likeness (QED) is 0.234. The van der Waals surface area contributed by atoms with Gasteiger partial charge in [-0.05, 0) is 44.2 Å². The Bertz CT molecular complexity index is 531. The molecule has 6 nitrogen and oxygen atoms in total. The number of carboxylic acids is 1. The standard InChI is InChI=1S/C8H13NO3.2C8H16N.ClH/c1-4-6(10)9-8(2,3)5-7(11)12;2*1-5-7-9(3,4)8-6-2;/h4H,1,5H2,2-3H3,(H,9,10)(H,11,12);2*5-6H,1-2,7-8H2,3-4H3;1H/q;2*+1;/p-2. The van der Waals surface area contributed by atoms with Crippen LogP contribution in [0.15, 0.2) is 63.3 Å². The van der Waals surface area contributed by atoms with Crippen LogP contribution in [0.4, 0.5) is 0 Å². The fourth-order valence-electron chi connectivity index (χ4n) is 2.34. The Morgan fingerprint density at radius 3 is 1.29 bits per heavy atom. The summed E-state index contributed by atoms with van der Waals surface area (Å²) in [6, 6.07) is 0. The minimum absolute atomic E-state index is 0. The average molecular weight is 458 g/mol. The smallest absolute Gasteiger partial charge is 0.243 e. The van der Waals surface area contributed by atoms with Gasteiger partial charge in [0.25, 0.3) is 0 Å². The molecule has 0 atom stereocenters. The van der Waals surface area contributed by atoms with Gasteiger partial charge in [-0.25, -0.2) is 0 Å². The van der Waals surface area contributed by atoms with Gasteiger partial charge in [0.05, 0.1) is 54.4 Å². The monoisotopic (exact) mass is 457 g/mol. The minimum Gasteiger partial charge on any atom is -1.00 e. The first-order valence-electron chi connectivity index (χ1n) is 9.84. The summed E-state index contributed by atoms with van der Waals surface area (Å²) < 4.78 is 1.90. The number of hydrogen-bond donors (Lipinski definition) is 1. The Morgan fingerprint density at radius 1 is 0.806 bits per heavy atom. The van der Waals surface area contributed by atoms with Gasteiger partial charge in [-0.2, -0.15) is 0 Å². The summed E-state index contributed by atoms with van der Waals surface area (Å²) in [5.74, 6) is -1.58. The van der Waals surface area contributed by atoms with Crippen molar-refractivity contribution < 1.29 is 36.1 Å². The SMILES string of the molecule is C=CC(=O)NC(C)(C)CC(=O)[O-].C=CC[N+](C)(C)CC=C.C=CC[N+](C)(C)CC=C.[Cl-]. The van der Waals surface area contributed by atoms with Crippen molar-refractivity contribution in [3.63, 3.8) is 0 Å². The van der Waals surface area contributed by atoms with Crippen molar-refractivity contribution >= 4 is 11.9 Å². The zero-order chi connectivity index (χ0) is 24.4. The van der Waals surface area contributed by atoms with Crippen molar-refractivity contribution in [1.82, 2.24) is 5.32 Å². The minimum atomic E-state index is -1.19. The summed E-state index contributed by atoms with van der Waals surface area (Å²) >= 11 is 0. The van der Waals surface area contributed by atoms with Crippen LogP contribution in [-0.2, 0) is 9.59 Å². The molecule has 0 rings (SSSR count). The molecule has 0 unspecified atom stereocenters. The summed E-state index contributed by atoms with van der Waals surface area (Å²) in [7, 11) is 8.62. The highest BCUT2D eigenvalue weighted by Gasteiger charge is 2.18. The molecular weight excluding hydrogens is 414 g/mol. The van der Waals surface area contributed by atoms with Crippen LogP contribution in [0.5, 0.6) is 0 Å². The highest BCUT2D eigenvalue weighted by molar-refractivity contribution is 5.87. The first-order valence-corrected chi connectivity index (χ1v) is 9.84. The maximum Gasteiger partial charge on any atom is 0.243 e. The molecule has 180 valence electrons. The Kier molecular flexibility index (Phi) is 21.7. The number of amides is 1. The molecule has 7 heteroatoms. The van der Waals surface area contributed by atoms with Crippen LogP contribution < -0.4 is 22.8 Å². The molecule has 1 amide bonds. The number of nitrogens with one attached hydrogen (secondary N) is 1. The van der Waals surface area contributed by atoms with Gasteiger partial charge in [-0.1, -0.05) is 32.9 Å². The van der Waals surface area contributed by atoms with E-state index in [1.165, 1.54) is 0 Å². The number of carbonyl (C=O) groups excluding carboxylic acids is 2. The third-order valence-electron chi connectivity index (χ3n) is 3.73.